The topological polar surface area (TPSA) is 274 Å². The van der Waals surface area contributed by atoms with Crippen molar-refractivity contribution in [2.24, 2.45) is 56.4 Å². The molecule has 0 amide bonds. The summed E-state index contributed by atoms with van der Waals surface area (Å²) in [6.45, 7) is 12.6. The van der Waals surface area contributed by atoms with Gasteiger partial charge in [-0.1, -0.05) is 6.92 Å². The molecule has 0 rings (SSSR count). The molecule has 0 bridgehead atoms. The summed E-state index contributed by atoms with van der Waals surface area (Å²) in [6.07, 6.45) is 5.08. The second-order valence-electron chi connectivity index (χ2n) is 14.2. The first-order valence-corrected chi connectivity index (χ1v) is 19.6. The van der Waals surface area contributed by atoms with Gasteiger partial charge in [-0.05, 0) is 90.8 Å². The molecule has 0 saturated heterocycles. The molecule has 0 aromatic rings. The molecule has 0 saturated carbocycles. The third kappa shape index (κ3) is 29.3. The Bertz CT molecular complexity index is 731. The van der Waals surface area contributed by atoms with E-state index in [4.69, 9.17) is 87.8 Å². The van der Waals surface area contributed by atoms with Crippen LogP contribution in [0.1, 0.15) is 51.9 Å². The Balaban J connectivity index is 6.21. The van der Waals surface area contributed by atoms with Crippen LogP contribution >= 0.6 is 0 Å². The van der Waals surface area contributed by atoms with E-state index in [2.05, 4.69) is 6.92 Å². The van der Waals surface area contributed by atoms with Crippen molar-refractivity contribution >= 4 is 0 Å². The van der Waals surface area contributed by atoms with Crippen molar-refractivity contribution in [3.8, 4) is 0 Å². The fraction of sp³-hybridized carbons (Fsp3) is 1.00. The lowest BCUT2D eigenvalue weighted by atomic mass is 9.90. The minimum Gasteiger partial charge on any atom is -0.381 e. The van der Waals surface area contributed by atoms with E-state index in [-0.39, 0.29) is 26.4 Å². The lowest BCUT2D eigenvalue weighted by Crippen LogP contribution is -2.46. The predicted molar refractivity (Wildman–Crippen MR) is 207 cm³/mol. The number of nitrogens with two attached hydrogens (primary N) is 7. The maximum absolute atomic E-state index is 6.61. The summed E-state index contributed by atoms with van der Waals surface area (Å²) < 4.78 is 49.7. The summed E-state index contributed by atoms with van der Waals surface area (Å²) in [5, 5.41) is 0. The van der Waals surface area contributed by atoms with Crippen molar-refractivity contribution in [3.63, 3.8) is 0 Å². The van der Waals surface area contributed by atoms with E-state index in [1.165, 1.54) is 0 Å². The largest absolute Gasteiger partial charge is 0.381 e. The first-order chi connectivity index (χ1) is 25.8. The fourth-order valence-corrected chi connectivity index (χ4v) is 4.90. The Hall–Kier alpha value is -0.680. The van der Waals surface area contributed by atoms with Gasteiger partial charge in [0.2, 0.25) is 0 Å². The van der Waals surface area contributed by atoms with Crippen LogP contribution in [0.25, 0.3) is 0 Å². The Morgan fingerprint density at radius 1 is 0.283 bits per heavy atom. The second kappa shape index (κ2) is 36.9. The van der Waals surface area contributed by atoms with Gasteiger partial charge in [0, 0.05) is 45.1 Å². The molecule has 17 nitrogen and oxygen atoms in total. The van der Waals surface area contributed by atoms with Gasteiger partial charge in [0.1, 0.15) is 0 Å². The highest BCUT2D eigenvalue weighted by atomic mass is 17.2. The zero-order chi connectivity index (χ0) is 39.2. The van der Waals surface area contributed by atoms with Crippen LogP contribution < -0.4 is 40.1 Å². The highest BCUT2D eigenvalue weighted by Crippen LogP contribution is 2.27. The Labute approximate surface area is 320 Å². The van der Waals surface area contributed by atoms with E-state index in [0.717, 1.165) is 25.7 Å². The number of hydrogen-bond acceptors (Lipinski definition) is 17. The lowest BCUT2D eigenvalue weighted by molar-refractivity contribution is -0.319. The molecular formula is C36H81N7O10. The minimum absolute atomic E-state index is 0.166. The summed E-state index contributed by atoms with van der Waals surface area (Å²) in [6, 6.07) is 0. The van der Waals surface area contributed by atoms with Gasteiger partial charge in [-0.15, -0.1) is 0 Å². The molecule has 0 atom stereocenters. The predicted octanol–water partition coefficient (Wildman–Crippen LogP) is -0.512. The summed E-state index contributed by atoms with van der Waals surface area (Å²) in [5.41, 5.74) is 38.2. The van der Waals surface area contributed by atoms with Crippen LogP contribution in [0.4, 0.5) is 0 Å². The molecule has 0 aliphatic heterocycles. The maximum atomic E-state index is 6.61. The zero-order valence-corrected chi connectivity index (χ0v) is 33.3. The van der Waals surface area contributed by atoms with E-state index < -0.39 is 16.2 Å². The van der Waals surface area contributed by atoms with Crippen LogP contribution in [0, 0.1) is 16.2 Å². The minimum atomic E-state index is -0.709. The summed E-state index contributed by atoms with van der Waals surface area (Å²) in [7, 11) is 0. The van der Waals surface area contributed by atoms with E-state index in [9.17, 15) is 0 Å². The molecule has 53 heavy (non-hydrogen) atoms. The van der Waals surface area contributed by atoms with Crippen molar-refractivity contribution in [1.82, 2.24) is 0 Å². The molecule has 0 aliphatic rings. The third-order valence-corrected chi connectivity index (χ3v) is 8.05. The molecule has 0 heterocycles. The van der Waals surface area contributed by atoms with E-state index >= 15 is 0 Å². The Morgan fingerprint density at radius 2 is 0.528 bits per heavy atom. The van der Waals surface area contributed by atoms with Crippen LogP contribution in [-0.4, -0.2) is 165 Å². The van der Waals surface area contributed by atoms with Gasteiger partial charge < -0.3 is 78.0 Å². The van der Waals surface area contributed by atoms with Crippen molar-refractivity contribution in [1.29, 1.82) is 0 Å². The average molecular weight is 772 g/mol. The quantitative estimate of drug-likeness (QED) is 0.0233. The molecular weight excluding hydrogens is 690 g/mol. The third-order valence-electron chi connectivity index (χ3n) is 8.05. The van der Waals surface area contributed by atoms with Gasteiger partial charge in [0.05, 0.1) is 90.1 Å². The summed E-state index contributed by atoms with van der Waals surface area (Å²) >= 11 is 0. The van der Waals surface area contributed by atoms with Gasteiger partial charge in [-0.2, -0.15) is 0 Å². The Kier molecular flexibility index (Phi) is 36.5. The molecule has 320 valence electrons. The molecule has 0 fully saturated rings. The highest BCUT2D eigenvalue weighted by Gasteiger charge is 2.38. The van der Waals surface area contributed by atoms with Gasteiger partial charge in [0.15, 0.2) is 0 Å². The summed E-state index contributed by atoms with van der Waals surface area (Å²) in [4.78, 5) is 11.2. The van der Waals surface area contributed by atoms with E-state index in [0.29, 0.717) is 158 Å². The SMILES string of the molecule is CC(COCCCN)(COCCCN)COCC(COCCCN)(COCCCN)COCC(COCCCN)(COCCCN)COOCCCN. The number of ether oxygens (including phenoxy) is 8. The monoisotopic (exact) mass is 772 g/mol. The average Bonchev–Trinajstić information content (AvgIpc) is 3.16. The normalized spacial score (nSPS) is 12.7. The molecule has 0 aromatic carbocycles. The van der Waals surface area contributed by atoms with Crippen LogP contribution in [0.2, 0.25) is 0 Å². The Morgan fingerprint density at radius 3 is 0.868 bits per heavy atom. The highest BCUT2D eigenvalue weighted by molar-refractivity contribution is 4.84. The van der Waals surface area contributed by atoms with Crippen molar-refractivity contribution < 1.29 is 47.7 Å². The first kappa shape index (κ1) is 52.3. The molecule has 0 aliphatic carbocycles. The van der Waals surface area contributed by atoms with Crippen LogP contribution in [0.5, 0.6) is 0 Å². The van der Waals surface area contributed by atoms with E-state index in [1.807, 2.05) is 0 Å². The first-order valence-electron chi connectivity index (χ1n) is 19.6. The summed E-state index contributed by atoms with van der Waals surface area (Å²) in [5.74, 6) is 0. The van der Waals surface area contributed by atoms with Crippen molar-refractivity contribution in [2.45, 2.75) is 51.9 Å². The molecule has 0 aromatic heterocycles. The molecule has 17 heteroatoms. The van der Waals surface area contributed by atoms with E-state index in [1.54, 1.807) is 0 Å². The molecule has 0 spiro atoms. The van der Waals surface area contributed by atoms with Crippen molar-refractivity contribution in [2.75, 3.05) is 165 Å². The number of rotatable bonds is 44. The maximum Gasteiger partial charge on any atom is 0.0945 e. The van der Waals surface area contributed by atoms with Crippen LogP contribution in [0.15, 0.2) is 0 Å². The van der Waals surface area contributed by atoms with Gasteiger partial charge in [-0.25, -0.2) is 9.78 Å². The van der Waals surface area contributed by atoms with Gasteiger partial charge >= 0.3 is 0 Å². The molecule has 14 N–H and O–H groups in total. The standard InChI is InChI=1S/C36H81N7O10/c1-34(23-44-16-2-9-37,24-45-17-3-10-38)25-50-30-35(26-46-18-4-11-39,27-47-19-5-12-40)31-51-32-36(28-48-20-6-13-41,29-49-21-7-14-42)33-53-52-22-8-15-43/h2-33,37-43H2,1H3. The van der Waals surface area contributed by atoms with Crippen LogP contribution in [0.3, 0.4) is 0 Å². The van der Waals surface area contributed by atoms with Crippen LogP contribution in [-0.2, 0) is 47.7 Å². The molecule has 0 unspecified atom stereocenters. The van der Waals surface area contributed by atoms with Crippen molar-refractivity contribution in [3.05, 3.63) is 0 Å². The molecule has 0 radical (unpaired) electrons. The fourth-order valence-electron chi connectivity index (χ4n) is 4.90. The smallest absolute Gasteiger partial charge is 0.0945 e. The zero-order valence-electron chi connectivity index (χ0n) is 33.3. The second-order valence-corrected chi connectivity index (χ2v) is 14.2. The lowest BCUT2D eigenvalue weighted by Gasteiger charge is -2.37. The van der Waals surface area contributed by atoms with Gasteiger partial charge in [0.25, 0.3) is 0 Å². The number of hydrogen-bond donors (Lipinski definition) is 7. The van der Waals surface area contributed by atoms with Gasteiger partial charge in [-0.3, -0.25) is 0 Å².